The van der Waals surface area contributed by atoms with Crippen molar-refractivity contribution in [2.45, 2.75) is 19.4 Å². The van der Waals surface area contributed by atoms with Gasteiger partial charge < -0.3 is 21.1 Å². The lowest BCUT2D eigenvalue weighted by Gasteiger charge is -2.09. The maximum Gasteiger partial charge on any atom is 0.236 e. The molecule has 0 fully saturated rings. The van der Waals surface area contributed by atoms with E-state index in [0.717, 1.165) is 21.1 Å². The van der Waals surface area contributed by atoms with Crippen molar-refractivity contribution in [1.29, 1.82) is 0 Å². The highest BCUT2D eigenvalue weighted by molar-refractivity contribution is 7.22. The van der Waals surface area contributed by atoms with Crippen LogP contribution in [0, 0.1) is 0 Å². The second-order valence-electron chi connectivity index (χ2n) is 4.59. The van der Waals surface area contributed by atoms with Crippen LogP contribution in [0.3, 0.4) is 0 Å². The molecule has 0 saturated carbocycles. The Bertz CT molecular complexity index is 614. The van der Waals surface area contributed by atoms with Crippen LogP contribution in [0.25, 0.3) is 10.2 Å². The zero-order chi connectivity index (χ0) is 15.2. The molecule has 0 bridgehead atoms. The summed E-state index contributed by atoms with van der Waals surface area (Å²) in [7, 11) is 1.64. The van der Waals surface area contributed by atoms with Gasteiger partial charge in [0.05, 0.1) is 23.4 Å². The Morgan fingerprint density at radius 3 is 3.00 bits per heavy atom. The minimum Gasteiger partial charge on any atom is -0.497 e. The van der Waals surface area contributed by atoms with Gasteiger partial charge >= 0.3 is 0 Å². The van der Waals surface area contributed by atoms with Crippen LogP contribution in [-0.2, 0) is 4.79 Å². The number of hydrogen-bond donors (Lipinski definition) is 3. The Morgan fingerprint density at radius 1 is 1.48 bits per heavy atom. The quantitative estimate of drug-likeness (QED) is 0.676. The molecule has 21 heavy (non-hydrogen) atoms. The van der Waals surface area contributed by atoms with Gasteiger partial charge in [0.25, 0.3) is 0 Å². The second-order valence-corrected chi connectivity index (χ2v) is 5.62. The molecule has 1 heterocycles. The van der Waals surface area contributed by atoms with Crippen molar-refractivity contribution in [3.8, 4) is 5.75 Å². The van der Waals surface area contributed by atoms with E-state index >= 15 is 0 Å². The molecule has 7 heteroatoms. The summed E-state index contributed by atoms with van der Waals surface area (Å²) in [6.45, 7) is 3.02. The van der Waals surface area contributed by atoms with Gasteiger partial charge in [-0.05, 0) is 24.6 Å². The number of hydrogen-bond acceptors (Lipinski definition) is 6. The molecule has 1 atom stereocenters. The standard InChI is InChI=1S/C14H20N4O2S/c1-3-10(15)13(19)16-6-7-17-14-18-11-5-4-9(20-2)8-12(11)21-14/h4-5,8,10H,3,6-7,15H2,1-2H3,(H,16,19)(H,17,18). The summed E-state index contributed by atoms with van der Waals surface area (Å²) < 4.78 is 6.25. The first-order valence-electron chi connectivity index (χ1n) is 6.85. The van der Waals surface area contributed by atoms with E-state index in [9.17, 15) is 4.79 Å². The highest BCUT2D eigenvalue weighted by atomic mass is 32.1. The van der Waals surface area contributed by atoms with Gasteiger partial charge in [-0.25, -0.2) is 4.98 Å². The normalized spacial score (nSPS) is 12.1. The third kappa shape index (κ3) is 4.05. The van der Waals surface area contributed by atoms with Crippen molar-refractivity contribution >= 4 is 32.6 Å². The van der Waals surface area contributed by atoms with Gasteiger partial charge in [-0.2, -0.15) is 0 Å². The monoisotopic (exact) mass is 308 g/mol. The van der Waals surface area contributed by atoms with Crippen LogP contribution in [0.5, 0.6) is 5.75 Å². The van der Waals surface area contributed by atoms with E-state index in [0.29, 0.717) is 19.5 Å². The van der Waals surface area contributed by atoms with Crippen molar-refractivity contribution in [2.75, 3.05) is 25.5 Å². The lowest BCUT2D eigenvalue weighted by atomic mass is 10.2. The molecule has 2 rings (SSSR count). The molecule has 114 valence electrons. The fourth-order valence-electron chi connectivity index (χ4n) is 1.78. The number of ether oxygens (including phenoxy) is 1. The molecule has 4 N–H and O–H groups in total. The van der Waals surface area contributed by atoms with E-state index < -0.39 is 6.04 Å². The lowest BCUT2D eigenvalue weighted by Crippen LogP contribution is -2.41. The van der Waals surface area contributed by atoms with Crippen molar-refractivity contribution < 1.29 is 9.53 Å². The first-order valence-corrected chi connectivity index (χ1v) is 7.67. The fraction of sp³-hybridized carbons (Fsp3) is 0.429. The number of rotatable bonds is 7. The summed E-state index contributed by atoms with van der Waals surface area (Å²) >= 11 is 1.56. The Balaban J connectivity index is 1.85. The third-order valence-electron chi connectivity index (χ3n) is 3.07. The van der Waals surface area contributed by atoms with Gasteiger partial charge in [-0.1, -0.05) is 18.3 Å². The lowest BCUT2D eigenvalue weighted by molar-refractivity contribution is -0.122. The molecule has 1 unspecified atom stereocenters. The van der Waals surface area contributed by atoms with Crippen molar-refractivity contribution in [1.82, 2.24) is 10.3 Å². The molecule has 0 aliphatic heterocycles. The first-order chi connectivity index (χ1) is 10.1. The van der Waals surface area contributed by atoms with Crippen LogP contribution in [0.15, 0.2) is 18.2 Å². The molecule has 1 aromatic heterocycles. The SMILES string of the molecule is CCC(N)C(=O)NCCNc1nc2ccc(OC)cc2s1. The summed E-state index contributed by atoms with van der Waals surface area (Å²) in [5.74, 6) is 0.701. The molecule has 1 amide bonds. The van der Waals surface area contributed by atoms with Crippen molar-refractivity contribution in [3.63, 3.8) is 0 Å². The summed E-state index contributed by atoms with van der Waals surface area (Å²) in [5.41, 5.74) is 6.56. The summed E-state index contributed by atoms with van der Waals surface area (Å²) in [6.07, 6.45) is 0.638. The van der Waals surface area contributed by atoms with Crippen LogP contribution < -0.4 is 21.1 Å². The van der Waals surface area contributed by atoms with E-state index in [4.69, 9.17) is 10.5 Å². The Labute approximate surface area is 127 Å². The maximum atomic E-state index is 11.5. The number of anilines is 1. The number of nitrogens with zero attached hydrogens (tertiary/aromatic N) is 1. The molecule has 2 aromatic rings. The van der Waals surface area contributed by atoms with Crippen LogP contribution in [0.2, 0.25) is 0 Å². The van der Waals surface area contributed by atoms with Gasteiger partial charge in [0.15, 0.2) is 5.13 Å². The number of carbonyl (C=O) groups excluding carboxylic acids is 1. The van der Waals surface area contributed by atoms with Crippen LogP contribution in [0.1, 0.15) is 13.3 Å². The molecule has 0 aliphatic rings. The van der Waals surface area contributed by atoms with Gasteiger partial charge in [-0.15, -0.1) is 0 Å². The number of nitrogens with two attached hydrogens (primary N) is 1. The topological polar surface area (TPSA) is 89.3 Å². The minimum atomic E-state index is -0.431. The first kappa shape index (κ1) is 15.5. The number of benzene rings is 1. The van der Waals surface area contributed by atoms with E-state index in [1.54, 1.807) is 18.4 Å². The molecule has 0 radical (unpaired) electrons. The van der Waals surface area contributed by atoms with Gasteiger partial charge in [0.2, 0.25) is 5.91 Å². The summed E-state index contributed by atoms with van der Waals surface area (Å²) in [4.78, 5) is 16.0. The van der Waals surface area contributed by atoms with E-state index in [1.807, 2.05) is 25.1 Å². The highest BCUT2D eigenvalue weighted by Gasteiger charge is 2.09. The van der Waals surface area contributed by atoms with Gasteiger partial charge in [0.1, 0.15) is 5.75 Å². The predicted octanol–water partition coefficient (Wildman–Crippen LogP) is 1.57. The number of aromatic nitrogens is 1. The zero-order valence-corrected chi connectivity index (χ0v) is 13.0. The number of carbonyl (C=O) groups is 1. The molecular weight excluding hydrogens is 288 g/mol. The minimum absolute atomic E-state index is 0.117. The fourth-order valence-corrected chi connectivity index (χ4v) is 2.70. The van der Waals surface area contributed by atoms with Gasteiger partial charge in [0, 0.05) is 13.1 Å². The van der Waals surface area contributed by atoms with E-state index in [1.165, 1.54) is 0 Å². The number of methoxy groups -OCH3 is 1. The second kappa shape index (κ2) is 7.24. The smallest absolute Gasteiger partial charge is 0.236 e. The Hall–Kier alpha value is -1.86. The Kier molecular flexibility index (Phi) is 5.35. The van der Waals surface area contributed by atoms with Crippen LogP contribution in [0.4, 0.5) is 5.13 Å². The molecule has 0 aliphatic carbocycles. The molecule has 6 nitrogen and oxygen atoms in total. The average molecular weight is 308 g/mol. The molecule has 1 aromatic carbocycles. The highest BCUT2D eigenvalue weighted by Crippen LogP contribution is 2.28. The molecular formula is C14H20N4O2S. The summed E-state index contributed by atoms with van der Waals surface area (Å²) in [5, 5.41) is 6.81. The average Bonchev–Trinajstić information content (AvgIpc) is 2.91. The number of thiazole rings is 1. The predicted molar refractivity (Wildman–Crippen MR) is 85.9 cm³/mol. The summed E-state index contributed by atoms with van der Waals surface area (Å²) in [6, 6.07) is 5.34. The largest absolute Gasteiger partial charge is 0.497 e. The van der Waals surface area contributed by atoms with Crippen molar-refractivity contribution in [2.24, 2.45) is 5.73 Å². The molecule has 0 spiro atoms. The third-order valence-corrected chi connectivity index (χ3v) is 4.05. The maximum absolute atomic E-state index is 11.5. The van der Waals surface area contributed by atoms with Crippen LogP contribution in [-0.4, -0.2) is 37.1 Å². The number of fused-ring (bicyclic) bond motifs is 1. The Morgan fingerprint density at radius 2 is 2.29 bits per heavy atom. The van der Waals surface area contributed by atoms with Crippen molar-refractivity contribution in [3.05, 3.63) is 18.2 Å². The number of amides is 1. The molecule has 0 saturated heterocycles. The van der Waals surface area contributed by atoms with E-state index in [2.05, 4.69) is 15.6 Å². The number of nitrogens with one attached hydrogen (secondary N) is 2. The van der Waals surface area contributed by atoms with E-state index in [-0.39, 0.29) is 5.91 Å². The van der Waals surface area contributed by atoms with Gasteiger partial charge in [-0.3, -0.25) is 4.79 Å². The van der Waals surface area contributed by atoms with Crippen LogP contribution >= 0.6 is 11.3 Å². The zero-order valence-electron chi connectivity index (χ0n) is 12.2.